The zero-order chi connectivity index (χ0) is 13.1. The van der Waals surface area contributed by atoms with Crippen molar-refractivity contribution in [1.29, 1.82) is 0 Å². The Balaban J connectivity index is 1.88. The van der Waals surface area contributed by atoms with Crippen LogP contribution in [-0.4, -0.2) is 31.1 Å². The molecule has 0 bridgehead atoms. The minimum absolute atomic E-state index is 0.280. The van der Waals surface area contributed by atoms with Crippen LogP contribution in [0.15, 0.2) is 12.1 Å². The van der Waals surface area contributed by atoms with E-state index < -0.39 is 0 Å². The first-order chi connectivity index (χ1) is 8.58. The van der Waals surface area contributed by atoms with Gasteiger partial charge in [0.05, 0.1) is 15.9 Å². The van der Waals surface area contributed by atoms with E-state index in [-0.39, 0.29) is 5.82 Å². The summed E-state index contributed by atoms with van der Waals surface area (Å²) in [4.78, 5) is 2.35. The van der Waals surface area contributed by atoms with Crippen LogP contribution in [0, 0.1) is 9.39 Å². The molecule has 100 valence electrons. The fourth-order valence-corrected chi connectivity index (χ4v) is 2.81. The van der Waals surface area contributed by atoms with Crippen LogP contribution in [0.3, 0.4) is 0 Å². The Morgan fingerprint density at radius 3 is 3.00 bits per heavy atom. The van der Waals surface area contributed by atoms with Crippen LogP contribution in [0.2, 0.25) is 0 Å². The molecule has 0 spiro atoms. The van der Waals surface area contributed by atoms with E-state index in [1.165, 1.54) is 18.9 Å². The van der Waals surface area contributed by atoms with Crippen LogP contribution in [0.5, 0.6) is 5.75 Å². The van der Waals surface area contributed by atoms with E-state index in [0.717, 1.165) is 13.0 Å². The van der Waals surface area contributed by atoms with Gasteiger partial charge in [-0.25, -0.2) is 4.39 Å². The van der Waals surface area contributed by atoms with Crippen molar-refractivity contribution in [1.82, 2.24) is 4.90 Å². The highest BCUT2D eigenvalue weighted by Gasteiger charge is 2.20. The van der Waals surface area contributed by atoms with Gasteiger partial charge >= 0.3 is 0 Å². The van der Waals surface area contributed by atoms with E-state index in [9.17, 15) is 4.39 Å². The van der Waals surface area contributed by atoms with Crippen LogP contribution in [0.25, 0.3) is 0 Å². The van der Waals surface area contributed by atoms with Gasteiger partial charge in [-0.2, -0.15) is 0 Å². The van der Waals surface area contributed by atoms with Gasteiger partial charge in [-0.05, 0) is 61.5 Å². The number of rotatable bonds is 4. The number of ether oxygens (including phenoxy) is 1. The number of hydrogen-bond acceptors (Lipinski definition) is 3. The SMILES string of the molecule is CN1CCCC1CCOc1cc(F)c(I)cc1N. The van der Waals surface area contributed by atoms with Crippen molar-refractivity contribution in [3.05, 3.63) is 21.5 Å². The molecule has 18 heavy (non-hydrogen) atoms. The molecule has 0 aliphatic carbocycles. The molecule has 3 nitrogen and oxygen atoms in total. The number of hydrogen-bond donors (Lipinski definition) is 1. The quantitative estimate of drug-likeness (QED) is 0.660. The van der Waals surface area contributed by atoms with Crippen molar-refractivity contribution >= 4 is 28.3 Å². The second-order valence-electron chi connectivity index (χ2n) is 4.72. The monoisotopic (exact) mass is 364 g/mol. The van der Waals surface area contributed by atoms with Gasteiger partial charge in [-0.3, -0.25) is 0 Å². The lowest BCUT2D eigenvalue weighted by atomic mass is 10.1. The molecular formula is C13H18FIN2O. The first kappa shape index (κ1) is 13.9. The van der Waals surface area contributed by atoms with Crippen LogP contribution in [0.1, 0.15) is 19.3 Å². The summed E-state index contributed by atoms with van der Waals surface area (Å²) in [5.41, 5.74) is 6.31. The molecule has 0 amide bonds. The molecule has 1 aromatic rings. The van der Waals surface area contributed by atoms with Crippen LogP contribution >= 0.6 is 22.6 Å². The molecule has 1 atom stereocenters. The first-order valence-corrected chi connectivity index (χ1v) is 7.23. The Morgan fingerprint density at radius 1 is 1.56 bits per heavy atom. The van der Waals surface area contributed by atoms with Crippen LogP contribution in [0.4, 0.5) is 10.1 Å². The average Bonchev–Trinajstić information content (AvgIpc) is 2.72. The third kappa shape index (κ3) is 3.26. The van der Waals surface area contributed by atoms with E-state index in [4.69, 9.17) is 10.5 Å². The van der Waals surface area contributed by atoms with Gasteiger partial charge in [0.15, 0.2) is 0 Å². The van der Waals surface area contributed by atoms with Gasteiger partial charge < -0.3 is 15.4 Å². The van der Waals surface area contributed by atoms with E-state index in [2.05, 4.69) is 11.9 Å². The number of nitrogens with zero attached hydrogens (tertiary/aromatic N) is 1. The zero-order valence-electron chi connectivity index (χ0n) is 10.5. The van der Waals surface area contributed by atoms with Crippen LogP contribution < -0.4 is 10.5 Å². The summed E-state index contributed by atoms with van der Waals surface area (Å²) in [7, 11) is 2.14. The predicted molar refractivity (Wildman–Crippen MR) is 79.3 cm³/mol. The summed E-state index contributed by atoms with van der Waals surface area (Å²) in [5, 5.41) is 0. The maximum Gasteiger partial charge on any atom is 0.145 e. The van der Waals surface area contributed by atoms with Crippen molar-refractivity contribution in [2.24, 2.45) is 0 Å². The summed E-state index contributed by atoms with van der Waals surface area (Å²) in [6.07, 6.45) is 3.43. The van der Waals surface area contributed by atoms with E-state index in [1.807, 2.05) is 22.6 Å². The maximum atomic E-state index is 13.4. The van der Waals surface area contributed by atoms with Gasteiger partial charge in [0.2, 0.25) is 0 Å². The summed E-state index contributed by atoms with van der Waals surface area (Å²) in [5.74, 6) is 0.173. The molecule has 1 saturated heterocycles. The van der Waals surface area contributed by atoms with Crippen molar-refractivity contribution in [2.75, 3.05) is 25.9 Å². The Labute approximate surface area is 121 Å². The number of halogens is 2. The molecule has 1 heterocycles. The lowest BCUT2D eigenvalue weighted by molar-refractivity contribution is 0.233. The van der Waals surface area contributed by atoms with Crippen molar-refractivity contribution in [3.8, 4) is 5.75 Å². The maximum absolute atomic E-state index is 13.4. The molecular weight excluding hydrogens is 346 g/mol. The highest BCUT2D eigenvalue weighted by molar-refractivity contribution is 14.1. The molecule has 5 heteroatoms. The molecule has 1 aromatic carbocycles. The van der Waals surface area contributed by atoms with Gasteiger partial charge in [0.1, 0.15) is 11.6 Å². The number of likely N-dealkylation sites (tertiary alicyclic amines) is 1. The lowest BCUT2D eigenvalue weighted by Crippen LogP contribution is -2.26. The number of nitrogens with two attached hydrogens (primary N) is 1. The molecule has 0 aromatic heterocycles. The molecule has 1 aliphatic heterocycles. The molecule has 1 aliphatic rings. The molecule has 2 N–H and O–H groups in total. The first-order valence-electron chi connectivity index (χ1n) is 6.15. The predicted octanol–water partition coefficient (Wildman–Crippen LogP) is 2.88. The van der Waals surface area contributed by atoms with Gasteiger partial charge in [0, 0.05) is 12.1 Å². The summed E-state index contributed by atoms with van der Waals surface area (Å²) in [6.45, 7) is 1.74. The summed E-state index contributed by atoms with van der Waals surface area (Å²) in [6, 6.07) is 3.56. The second kappa shape index (κ2) is 6.06. The van der Waals surface area contributed by atoms with E-state index in [0.29, 0.717) is 27.7 Å². The number of benzene rings is 1. The molecule has 1 unspecified atom stereocenters. The zero-order valence-corrected chi connectivity index (χ0v) is 12.6. The minimum Gasteiger partial charge on any atom is -0.491 e. The van der Waals surface area contributed by atoms with Crippen molar-refractivity contribution in [2.45, 2.75) is 25.3 Å². The molecule has 2 rings (SSSR count). The highest BCUT2D eigenvalue weighted by atomic mass is 127. The fourth-order valence-electron chi connectivity index (χ4n) is 2.32. The molecule has 0 radical (unpaired) electrons. The van der Waals surface area contributed by atoms with Crippen molar-refractivity contribution in [3.63, 3.8) is 0 Å². The minimum atomic E-state index is -0.280. The van der Waals surface area contributed by atoms with Gasteiger partial charge in [-0.15, -0.1) is 0 Å². The lowest BCUT2D eigenvalue weighted by Gasteiger charge is -2.19. The third-order valence-corrected chi connectivity index (χ3v) is 4.26. The molecule has 1 fully saturated rings. The van der Waals surface area contributed by atoms with E-state index in [1.54, 1.807) is 6.07 Å². The highest BCUT2D eigenvalue weighted by Crippen LogP contribution is 2.27. The number of anilines is 1. The van der Waals surface area contributed by atoms with Gasteiger partial charge in [0.25, 0.3) is 0 Å². The van der Waals surface area contributed by atoms with Crippen molar-refractivity contribution < 1.29 is 9.13 Å². The van der Waals surface area contributed by atoms with E-state index >= 15 is 0 Å². The Hall–Kier alpha value is -0.560. The smallest absolute Gasteiger partial charge is 0.145 e. The second-order valence-corrected chi connectivity index (χ2v) is 5.88. The Morgan fingerprint density at radius 2 is 2.33 bits per heavy atom. The normalized spacial score (nSPS) is 20.3. The largest absolute Gasteiger partial charge is 0.491 e. The summed E-state index contributed by atoms with van der Waals surface area (Å²) >= 11 is 1.92. The Bertz CT molecular complexity index is 428. The Kier molecular flexibility index (Phi) is 4.66. The fraction of sp³-hybridized carbons (Fsp3) is 0.538. The summed E-state index contributed by atoms with van der Waals surface area (Å²) < 4.78 is 19.5. The van der Waals surface area contributed by atoms with Crippen LogP contribution in [-0.2, 0) is 0 Å². The standard InChI is InChI=1S/C13H18FIN2O/c1-17-5-2-3-9(17)4-6-18-13-7-10(14)11(15)8-12(13)16/h7-9H,2-6,16H2,1H3. The topological polar surface area (TPSA) is 38.5 Å². The molecule has 0 saturated carbocycles. The number of nitrogen functional groups attached to an aromatic ring is 1. The third-order valence-electron chi connectivity index (χ3n) is 3.43. The van der Waals surface area contributed by atoms with Gasteiger partial charge in [-0.1, -0.05) is 0 Å². The average molecular weight is 364 g/mol.